The highest BCUT2D eigenvalue weighted by Gasteiger charge is 2.04. The van der Waals surface area contributed by atoms with Crippen molar-refractivity contribution < 1.29 is 0 Å². The van der Waals surface area contributed by atoms with E-state index in [1.54, 1.807) is 11.3 Å². The Balaban J connectivity index is 2.17. The fourth-order valence-electron chi connectivity index (χ4n) is 1.53. The normalized spacial score (nSPS) is 9.94. The van der Waals surface area contributed by atoms with Crippen LogP contribution in [0, 0.1) is 18.3 Å². The Labute approximate surface area is 113 Å². The molecule has 2 aromatic rings. The minimum atomic E-state index is 0.684. The van der Waals surface area contributed by atoms with Crippen LogP contribution in [-0.2, 0) is 6.54 Å². The Morgan fingerprint density at radius 1 is 1.41 bits per heavy atom. The molecule has 0 fully saturated rings. The van der Waals surface area contributed by atoms with E-state index in [9.17, 15) is 0 Å². The van der Waals surface area contributed by atoms with Crippen molar-refractivity contribution in [3.05, 3.63) is 50.1 Å². The molecule has 0 amide bonds. The first-order chi connectivity index (χ1) is 8.20. The molecule has 1 heterocycles. The van der Waals surface area contributed by atoms with Crippen molar-refractivity contribution in [3.8, 4) is 6.07 Å². The van der Waals surface area contributed by atoms with Crippen LogP contribution in [0.4, 0.5) is 5.69 Å². The lowest BCUT2D eigenvalue weighted by atomic mass is 10.1. The van der Waals surface area contributed by atoms with Crippen LogP contribution in [0.25, 0.3) is 0 Å². The SMILES string of the molecule is Cc1ccc(C#N)c(NCc2sccc2Br)c1. The number of hydrogen-bond donors (Lipinski definition) is 1. The molecule has 0 saturated heterocycles. The van der Waals surface area contributed by atoms with Gasteiger partial charge in [-0.05, 0) is 52.0 Å². The number of nitriles is 1. The molecule has 17 heavy (non-hydrogen) atoms. The quantitative estimate of drug-likeness (QED) is 0.917. The van der Waals surface area contributed by atoms with Crippen molar-refractivity contribution in [1.29, 1.82) is 5.26 Å². The molecule has 0 atom stereocenters. The van der Waals surface area contributed by atoms with E-state index in [2.05, 4.69) is 27.3 Å². The van der Waals surface area contributed by atoms with E-state index >= 15 is 0 Å². The maximum Gasteiger partial charge on any atom is 0.101 e. The molecular formula is C13H11BrN2S. The molecule has 4 heteroatoms. The fraction of sp³-hybridized carbons (Fsp3) is 0.154. The highest BCUT2D eigenvalue weighted by molar-refractivity contribution is 9.10. The number of rotatable bonds is 3. The van der Waals surface area contributed by atoms with E-state index in [-0.39, 0.29) is 0 Å². The van der Waals surface area contributed by atoms with Gasteiger partial charge in [-0.2, -0.15) is 5.26 Å². The van der Waals surface area contributed by atoms with Crippen LogP contribution in [0.5, 0.6) is 0 Å². The van der Waals surface area contributed by atoms with Crippen LogP contribution in [0.2, 0.25) is 0 Å². The second-order valence-electron chi connectivity index (χ2n) is 3.71. The molecule has 2 nitrogen and oxygen atoms in total. The van der Waals surface area contributed by atoms with Gasteiger partial charge in [0.15, 0.2) is 0 Å². The first-order valence-electron chi connectivity index (χ1n) is 5.17. The summed E-state index contributed by atoms with van der Waals surface area (Å²) in [6.07, 6.45) is 0. The molecule has 1 aromatic heterocycles. The highest BCUT2D eigenvalue weighted by Crippen LogP contribution is 2.24. The van der Waals surface area contributed by atoms with Crippen molar-refractivity contribution in [2.75, 3.05) is 5.32 Å². The molecule has 0 aliphatic rings. The summed E-state index contributed by atoms with van der Waals surface area (Å²) in [6, 6.07) is 10.0. The Hall–Kier alpha value is -1.31. The van der Waals surface area contributed by atoms with Crippen LogP contribution >= 0.6 is 27.3 Å². The van der Waals surface area contributed by atoms with Crippen LogP contribution in [-0.4, -0.2) is 0 Å². The third-order valence-corrected chi connectivity index (χ3v) is 4.35. The number of anilines is 1. The van der Waals surface area contributed by atoms with Crippen molar-refractivity contribution in [1.82, 2.24) is 0 Å². The summed E-state index contributed by atoms with van der Waals surface area (Å²) in [5, 5.41) is 14.4. The molecule has 1 N–H and O–H groups in total. The van der Waals surface area contributed by atoms with Crippen molar-refractivity contribution >= 4 is 33.0 Å². The highest BCUT2D eigenvalue weighted by atomic mass is 79.9. The maximum atomic E-state index is 9.02. The third-order valence-electron chi connectivity index (χ3n) is 2.43. The molecule has 0 unspecified atom stereocenters. The van der Waals surface area contributed by atoms with Gasteiger partial charge in [-0.3, -0.25) is 0 Å². The zero-order chi connectivity index (χ0) is 12.3. The lowest BCUT2D eigenvalue weighted by Gasteiger charge is -2.08. The molecule has 0 saturated carbocycles. The van der Waals surface area contributed by atoms with Gasteiger partial charge in [0.2, 0.25) is 0 Å². The Morgan fingerprint density at radius 3 is 2.88 bits per heavy atom. The Bertz CT molecular complexity index is 569. The maximum absolute atomic E-state index is 9.02. The molecule has 0 bridgehead atoms. The molecule has 86 valence electrons. The van der Waals surface area contributed by atoms with Gasteiger partial charge in [0, 0.05) is 9.35 Å². The van der Waals surface area contributed by atoms with Gasteiger partial charge in [-0.1, -0.05) is 6.07 Å². The number of benzene rings is 1. The summed E-state index contributed by atoms with van der Waals surface area (Å²) >= 11 is 5.19. The Morgan fingerprint density at radius 2 is 2.24 bits per heavy atom. The molecule has 0 radical (unpaired) electrons. The van der Waals surface area contributed by atoms with E-state index in [1.807, 2.05) is 36.6 Å². The predicted molar refractivity (Wildman–Crippen MR) is 75.2 cm³/mol. The van der Waals surface area contributed by atoms with Gasteiger partial charge in [-0.15, -0.1) is 11.3 Å². The van der Waals surface area contributed by atoms with Crippen molar-refractivity contribution in [2.45, 2.75) is 13.5 Å². The number of nitrogens with zero attached hydrogens (tertiary/aromatic N) is 1. The first kappa shape index (κ1) is 12.2. The monoisotopic (exact) mass is 306 g/mol. The van der Waals surface area contributed by atoms with Gasteiger partial charge in [0.25, 0.3) is 0 Å². The second-order valence-corrected chi connectivity index (χ2v) is 5.56. The van der Waals surface area contributed by atoms with Crippen molar-refractivity contribution in [3.63, 3.8) is 0 Å². The fourth-order valence-corrected chi connectivity index (χ4v) is 2.96. The summed E-state index contributed by atoms with van der Waals surface area (Å²) in [4.78, 5) is 1.23. The number of hydrogen-bond acceptors (Lipinski definition) is 3. The number of thiophene rings is 1. The minimum Gasteiger partial charge on any atom is -0.379 e. The predicted octanol–water partition coefficient (Wildman–Crippen LogP) is 4.30. The van der Waals surface area contributed by atoms with E-state index < -0.39 is 0 Å². The van der Waals surface area contributed by atoms with E-state index in [4.69, 9.17) is 5.26 Å². The lowest BCUT2D eigenvalue weighted by molar-refractivity contribution is 1.17. The largest absolute Gasteiger partial charge is 0.379 e. The smallest absolute Gasteiger partial charge is 0.101 e. The summed E-state index contributed by atoms with van der Waals surface area (Å²) in [5.74, 6) is 0. The standard InChI is InChI=1S/C13H11BrN2S/c1-9-2-3-10(7-15)12(6-9)16-8-13-11(14)4-5-17-13/h2-6,16H,8H2,1H3. The third kappa shape index (κ3) is 2.87. The summed E-state index contributed by atoms with van der Waals surface area (Å²) < 4.78 is 1.11. The van der Waals surface area contributed by atoms with Gasteiger partial charge >= 0.3 is 0 Å². The molecule has 0 spiro atoms. The average molecular weight is 307 g/mol. The van der Waals surface area contributed by atoms with Crippen LogP contribution in [0.3, 0.4) is 0 Å². The van der Waals surface area contributed by atoms with E-state index in [1.165, 1.54) is 4.88 Å². The van der Waals surface area contributed by atoms with Crippen LogP contribution in [0.1, 0.15) is 16.0 Å². The molecule has 2 rings (SSSR count). The summed E-state index contributed by atoms with van der Waals surface area (Å²) in [7, 11) is 0. The first-order valence-corrected chi connectivity index (χ1v) is 6.84. The number of aryl methyl sites for hydroxylation is 1. The van der Waals surface area contributed by atoms with Gasteiger partial charge in [0.05, 0.1) is 17.8 Å². The summed E-state index contributed by atoms with van der Waals surface area (Å²) in [5.41, 5.74) is 2.73. The van der Waals surface area contributed by atoms with Crippen LogP contribution < -0.4 is 5.32 Å². The second kappa shape index (κ2) is 5.35. The molecular weight excluding hydrogens is 296 g/mol. The van der Waals surface area contributed by atoms with E-state index in [0.29, 0.717) is 5.56 Å². The van der Waals surface area contributed by atoms with Crippen molar-refractivity contribution in [2.24, 2.45) is 0 Å². The lowest BCUT2D eigenvalue weighted by Crippen LogP contribution is -2.00. The average Bonchev–Trinajstić information content (AvgIpc) is 2.72. The van der Waals surface area contributed by atoms with Crippen LogP contribution in [0.15, 0.2) is 34.1 Å². The molecule has 1 aromatic carbocycles. The number of halogens is 1. The zero-order valence-corrected chi connectivity index (χ0v) is 11.7. The Kier molecular flexibility index (Phi) is 3.82. The molecule has 0 aliphatic heterocycles. The summed E-state index contributed by atoms with van der Waals surface area (Å²) in [6.45, 7) is 2.75. The van der Waals surface area contributed by atoms with E-state index in [0.717, 1.165) is 22.3 Å². The van der Waals surface area contributed by atoms with Gasteiger partial charge in [-0.25, -0.2) is 0 Å². The topological polar surface area (TPSA) is 35.8 Å². The van der Waals surface area contributed by atoms with Gasteiger partial charge < -0.3 is 5.32 Å². The number of nitrogens with one attached hydrogen (secondary N) is 1. The zero-order valence-electron chi connectivity index (χ0n) is 9.33. The molecule has 0 aliphatic carbocycles. The van der Waals surface area contributed by atoms with Gasteiger partial charge in [0.1, 0.15) is 6.07 Å². The minimum absolute atomic E-state index is 0.684.